The second-order valence-electron chi connectivity index (χ2n) is 9.00. The monoisotopic (exact) mass is 451 g/mol. The van der Waals surface area contributed by atoms with Gasteiger partial charge < -0.3 is 4.90 Å². The fourth-order valence-electron chi connectivity index (χ4n) is 4.84. The largest absolute Gasteiger partial charge is 0.364 e. The van der Waals surface area contributed by atoms with Crippen LogP contribution in [0.15, 0.2) is 84.6 Å². The summed E-state index contributed by atoms with van der Waals surface area (Å²) in [4.78, 5) is 33.5. The van der Waals surface area contributed by atoms with Crippen molar-refractivity contribution in [3.8, 4) is 0 Å². The number of rotatable bonds is 5. The van der Waals surface area contributed by atoms with E-state index in [4.69, 9.17) is 0 Å². The molecule has 0 spiro atoms. The molecule has 0 unspecified atom stereocenters. The van der Waals surface area contributed by atoms with E-state index in [1.807, 2.05) is 68.4 Å². The second-order valence-corrected chi connectivity index (χ2v) is 9.00. The Labute approximate surface area is 200 Å². The van der Waals surface area contributed by atoms with Gasteiger partial charge in [0.25, 0.3) is 11.8 Å². The first-order valence-corrected chi connectivity index (χ1v) is 11.8. The van der Waals surface area contributed by atoms with Gasteiger partial charge in [0.15, 0.2) is 0 Å². The van der Waals surface area contributed by atoms with Gasteiger partial charge in [0.2, 0.25) is 0 Å². The van der Waals surface area contributed by atoms with Gasteiger partial charge in [-0.25, -0.2) is 4.90 Å². The topological polar surface area (TPSA) is 43.9 Å². The van der Waals surface area contributed by atoms with E-state index in [-0.39, 0.29) is 11.8 Å². The van der Waals surface area contributed by atoms with E-state index in [0.29, 0.717) is 30.0 Å². The van der Waals surface area contributed by atoms with E-state index in [1.54, 1.807) is 0 Å². The standard InChI is InChI=1S/C29H29N3O2/c1-21-10-9-15-25(22(21)2)32-28(33)26(24-13-7-4-8-14-24)27(29(32)34)31-18-16-30(17-19-31)20-23-11-5-3-6-12-23/h3-15H,16-20H2,1-2H3. The predicted octanol–water partition coefficient (Wildman–Crippen LogP) is 4.41. The molecule has 2 aliphatic rings. The van der Waals surface area contributed by atoms with Crippen LogP contribution in [0, 0.1) is 13.8 Å². The zero-order chi connectivity index (χ0) is 23.7. The number of hydrogen-bond donors (Lipinski definition) is 0. The molecule has 2 heterocycles. The van der Waals surface area contributed by atoms with Gasteiger partial charge in [0.05, 0.1) is 11.3 Å². The Bertz CT molecular complexity index is 1240. The molecular formula is C29H29N3O2. The maximum Gasteiger partial charge on any atom is 0.282 e. The highest BCUT2D eigenvalue weighted by molar-refractivity contribution is 6.45. The van der Waals surface area contributed by atoms with Crippen molar-refractivity contribution in [3.63, 3.8) is 0 Å². The highest BCUT2D eigenvalue weighted by Gasteiger charge is 2.43. The van der Waals surface area contributed by atoms with Crippen molar-refractivity contribution in [1.82, 2.24) is 9.80 Å². The van der Waals surface area contributed by atoms with Crippen molar-refractivity contribution in [2.24, 2.45) is 0 Å². The molecule has 0 aromatic heterocycles. The normalized spacial score (nSPS) is 17.1. The van der Waals surface area contributed by atoms with Gasteiger partial charge in [-0.15, -0.1) is 0 Å². The zero-order valence-corrected chi connectivity index (χ0v) is 19.7. The van der Waals surface area contributed by atoms with Crippen molar-refractivity contribution < 1.29 is 9.59 Å². The molecule has 0 N–H and O–H groups in total. The lowest BCUT2D eigenvalue weighted by molar-refractivity contribution is -0.120. The number of piperazine rings is 1. The maximum absolute atomic E-state index is 13.8. The molecule has 3 aromatic rings. The van der Waals surface area contributed by atoms with Crippen LogP contribution in [0.4, 0.5) is 5.69 Å². The molecule has 5 heteroatoms. The maximum atomic E-state index is 13.8. The minimum absolute atomic E-state index is 0.228. The van der Waals surface area contributed by atoms with E-state index in [0.717, 1.165) is 36.3 Å². The number of amides is 2. The SMILES string of the molecule is Cc1cccc(N2C(=O)C(c3ccccc3)=C(N3CCN(Cc4ccccc4)CC3)C2=O)c1C. The molecule has 5 rings (SSSR count). The van der Waals surface area contributed by atoms with Crippen molar-refractivity contribution >= 4 is 23.1 Å². The summed E-state index contributed by atoms with van der Waals surface area (Å²) in [6.45, 7) is 7.95. The molecule has 0 aliphatic carbocycles. The molecule has 2 amide bonds. The number of nitrogens with zero attached hydrogens (tertiary/aromatic N) is 3. The number of aryl methyl sites for hydroxylation is 1. The first-order chi connectivity index (χ1) is 16.5. The minimum Gasteiger partial charge on any atom is -0.364 e. The number of hydrogen-bond acceptors (Lipinski definition) is 4. The Kier molecular flexibility index (Phi) is 6.03. The average molecular weight is 452 g/mol. The summed E-state index contributed by atoms with van der Waals surface area (Å²) in [5.41, 5.74) is 5.78. The van der Waals surface area contributed by atoms with E-state index in [2.05, 4.69) is 34.1 Å². The Morgan fingerprint density at radius 1 is 0.706 bits per heavy atom. The van der Waals surface area contributed by atoms with Crippen LogP contribution in [0.1, 0.15) is 22.3 Å². The number of imide groups is 1. The van der Waals surface area contributed by atoms with Gasteiger partial charge in [0, 0.05) is 32.7 Å². The fraction of sp³-hybridized carbons (Fsp3) is 0.241. The van der Waals surface area contributed by atoms with Gasteiger partial charge >= 0.3 is 0 Å². The molecule has 172 valence electrons. The predicted molar refractivity (Wildman–Crippen MR) is 135 cm³/mol. The molecule has 1 saturated heterocycles. The number of carbonyl (C=O) groups excluding carboxylic acids is 2. The molecule has 0 saturated carbocycles. The number of anilines is 1. The lowest BCUT2D eigenvalue weighted by Gasteiger charge is -2.36. The van der Waals surface area contributed by atoms with Crippen LogP contribution >= 0.6 is 0 Å². The average Bonchev–Trinajstić information content (AvgIpc) is 3.12. The Hall–Kier alpha value is -3.70. The van der Waals surface area contributed by atoms with Crippen LogP contribution in [-0.4, -0.2) is 47.8 Å². The van der Waals surface area contributed by atoms with E-state index < -0.39 is 0 Å². The highest BCUT2D eigenvalue weighted by Crippen LogP contribution is 2.37. The van der Waals surface area contributed by atoms with Crippen LogP contribution in [0.2, 0.25) is 0 Å². The minimum atomic E-state index is -0.244. The van der Waals surface area contributed by atoms with Crippen LogP contribution in [0.3, 0.4) is 0 Å². The smallest absolute Gasteiger partial charge is 0.282 e. The number of carbonyl (C=O) groups is 2. The molecule has 0 radical (unpaired) electrons. The molecule has 0 bridgehead atoms. The lowest BCUT2D eigenvalue weighted by atomic mass is 10.0. The Morgan fingerprint density at radius 3 is 2.03 bits per heavy atom. The fourth-order valence-corrected chi connectivity index (χ4v) is 4.84. The quantitative estimate of drug-likeness (QED) is 0.539. The number of benzene rings is 3. The lowest BCUT2D eigenvalue weighted by Crippen LogP contribution is -2.47. The summed E-state index contributed by atoms with van der Waals surface area (Å²) in [7, 11) is 0. The molecule has 2 aliphatic heterocycles. The first-order valence-electron chi connectivity index (χ1n) is 11.8. The van der Waals surface area contributed by atoms with Gasteiger partial charge in [-0.05, 0) is 42.2 Å². The van der Waals surface area contributed by atoms with E-state index >= 15 is 0 Å². The Morgan fingerprint density at radius 2 is 1.35 bits per heavy atom. The zero-order valence-electron chi connectivity index (χ0n) is 19.7. The summed E-state index contributed by atoms with van der Waals surface area (Å²) in [5, 5.41) is 0. The Balaban J connectivity index is 1.46. The van der Waals surface area contributed by atoms with Gasteiger partial charge in [-0.3, -0.25) is 14.5 Å². The third-order valence-electron chi connectivity index (χ3n) is 6.88. The van der Waals surface area contributed by atoms with E-state index in [9.17, 15) is 9.59 Å². The molecule has 5 nitrogen and oxygen atoms in total. The third kappa shape index (κ3) is 4.03. The molecule has 1 fully saturated rings. The second kappa shape index (κ2) is 9.27. The summed E-state index contributed by atoms with van der Waals surface area (Å²) in [6, 6.07) is 25.8. The van der Waals surface area contributed by atoms with Gasteiger partial charge in [-0.1, -0.05) is 72.8 Å². The summed E-state index contributed by atoms with van der Waals surface area (Å²) in [5.74, 6) is -0.472. The highest BCUT2D eigenvalue weighted by atomic mass is 16.2. The van der Waals surface area contributed by atoms with Crippen LogP contribution in [0.5, 0.6) is 0 Å². The van der Waals surface area contributed by atoms with Crippen molar-refractivity contribution in [2.75, 3.05) is 31.1 Å². The summed E-state index contributed by atoms with van der Waals surface area (Å²) in [6.07, 6.45) is 0. The van der Waals surface area contributed by atoms with Crippen molar-refractivity contribution in [3.05, 3.63) is 107 Å². The van der Waals surface area contributed by atoms with Gasteiger partial charge in [0.1, 0.15) is 5.70 Å². The molecule has 3 aromatic carbocycles. The van der Waals surface area contributed by atoms with Crippen LogP contribution < -0.4 is 4.90 Å². The van der Waals surface area contributed by atoms with Crippen molar-refractivity contribution in [2.45, 2.75) is 20.4 Å². The first kappa shape index (κ1) is 22.1. The summed E-state index contributed by atoms with van der Waals surface area (Å²) >= 11 is 0. The van der Waals surface area contributed by atoms with Crippen molar-refractivity contribution in [1.29, 1.82) is 0 Å². The van der Waals surface area contributed by atoms with Crippen LogP contribution in [0.25, 0.3) is 5.57 Å². The van der Waals surface area contributed by atoms with Crippen LogP contribution in [-0.2, 0) is 16.1 Å². The third-order valence-corrected chi connectivity index (χ3v) is 6.88. The molecule has 34 heavy (non-hydrogen) atoms. The summed E-state index contributed by atoms with van der Waals surface area (Å²) < 4.78 is 0. The molecular weight excluding hydrogens is 422 g/mol. The van der Waals surface area contributed by atoms with Gasteiger partial charge in [-0.2, -0.15) is 0 Å². The van der Waals surface area contributed by atoms with E-state index in [1.165, 1.54) is 10.5 Å². The molecule has 0 atom stereocenters.